The summed E-state index contributed by atoms with van der Waals surface area (Å²) in [5.74, 6) is -0.319. The van der Waals surface area contributed by atoms with Crippen LogP contribution in [0.1, 0.15) is 5.56 Å². The third-order valence-electron chi connectivity index (χ3n) is 2.11. The minimum Gasteiger partial charge on any atom is -0.311 e. The van der Waals surface area contributed by atoms with Crippen molar-refractivity contribution in [3.05, 3.63) is 35.9 Å². The van der Waals surface area contributed by atoms with E-state index in [0.29, 0.717) is 6.54 Å². The zero-order valence-corrected chi connectivity index (χ0v) is 8.26. The molecule has 0 amide bonds. The molecule has 1 atom stereocenters. The molecule has 0 aromatic carbocycles. The smallest absolute Gasteiger partial charge is 0.142 e. The molecule has 1 aliphatic heterocycles. The summed E-state index contributed by atoms with van der Waals surface area (Å²) in [6.45, 7) is 1.47. The highest BCUT2D eigenvalue weighted by molar-refractivity contribution is 6.22. The second-order valence-electron chi connectivity index (χ2n) is 3.23. The molecule has 1 N–H and O–H groups in total. The van der Waals surface area contributed by atoms with E-state index in [9.17, 15) is 4.39 Å². The standard InChI is InChI=1S/C10H10ClFN2/c11-9-1-7(3-13-5-9)8-2-10(12)6-14-4-8/h1-2,4,6,9,13H,3,5H2. The van der Waals surface area contributed by atoms with Gasteiger partial charge < -0.3 is 5.32 Å². The van der Waals surface area contributed by atoms with Gasteiger partial charge in [0, 0.05) is 19.3 Å². The molecular weight excluding hydrogens is 203 g/mol. The van der Waals surface area contributed by atoms with Crippen molar-refractivity contribution in [2.24, 2.45) is 0 Å². The van der Waals surface area contributed by atoms with E-state index in [0.717, 1.165) is 17.7 Å². The summed E-state index contributed by atoms with van der Waals surface area (Å²) >= 11 is 5.95. The van der Waals surface area contributed by atoms with Gasteiger partial charge in [-0.15, -0.1) is 11.6 Å². The molecule has 0 aliphatic carbocycles. The van der Waals surface area contributed by atoms with Crippen molar-refractivity contribution in [1.29, 1.82) is 0 Å². The number of halogens is 2. The Morgan fingerprint density at radius 1 is 1.50 bits per heavy atom. The van der Waals surface area contributed by atoms with Crippen LogP contribution in [0.5, 0.6) is 0 Å². The van der Waals surface area contributed by atoms with Crippen LogP contribution in [0.15, 0.2) is 24.5 Å². The molecule has 0 saturated heterocycles. The van der Waals surface area contributed by atoms with E-state index >= 15 is 0 Å². The summed E-state index contributed by atoms with van der Waals surface area (Å²) in [6.07, 6.45) is 4.78. The van der Waals surface area contributed by atoms with Crippen LogP contribution in [0.2, 0.25) is 0 Å². The van der Waals surface area contributed by atoms with Crippen LogP contribution in [0.3, 0.4) is 0 Å². The number of nitrogens with one attached hydrogen (secondary N) is 1. The molecule has 0 radical (unpaired) electrons. The monoisotopic (exact) mass is 212 g/mol. The van der Waals surface area contributed by atoms with E-state index in [1.54, 1.807) is 6.20 Å². The molecule has 2 nitrogen and oxygen atoms in total. The summed E-state index contributed by atoms with van der Waals surface area (Å²) in [6, 6.07) is 1.47. The first kappa shape index (κ1) is 9.62. The zero-order valence-electron chi connectivity index (χ0n) is 7.50. The van der Waals surface area contributed by atoms with Gasteiger partial charge in [-0.2, -0.15) is 0 Å². The molecule has 0 fully saturated rings. The van der Waals surface area contributed by atoms with Crippen LogP contribution >= 0.6 is 11.6 Å². The predicted molar refractivity (Wildman–Crippen MR) is 54.7 cm³/mol. The summed E-state index contributed by atoms with van der Waals surface area (Å²) < 4.78 is 12.9. The molecule has 4 heteroatoms. The van der Waals surface area contributed by atoms with E-state index in [4.69, 9.17) is 11.6 Å². The predicted octanol–water partition coefficient (Wildman–Crippen LogP) is 1.81. The fourth-order valence-corrected chi connectivity index (χ4v) is 1.73. The minimum absolute atomic E-state index is 0.0259. The van der Waals surface area contributed by atoms with Crippen LogP contribution in [-0.4, -0.2) is 23.5 Å². The molecule has 0 saturated carbocycles. The van der Waals surface area contributed by atoms with Crippen molar-refractivity contribution in [3.63, 3.8) is 0 Å². The van der Waals surface area contributed by atoms with Crippen molar-refractivity contribution in [3.8, 4) is 0 Å². The SMILES string of the molecule is Fc1cncc(C2=CC(Cl)CNC2)c1. The maximum absolute atomic E-state index is 12.9. The van der Waals surface area contributed by atoms with Gasteiger partial charge in [0.05, 0.1) is 11.6 Å². The summed E-state index contributed by atoms with van der Waals surface area (Å²) in [4.78, 5) is 3.80. The molecule has 1 aromatic rings. The van der Waals surface area contributed by atoms with Crippen LogP contribution in [0.25, 0.3) is 5.57 Å². The fraction of sp³-hybridized carbons (Fsp3) is 0.300. The lowest BCUT2D eigenvalue weighted by Gasteiger charge is -2.17. The average molecular weight is 213 g/mol. The molecule has 1 aliphatic rings. The molecular formula is C10H10ClFN2. The number of rotatable bonds is 1. The van der Waals surface area contributed by atoms with E-state index in [1.807, 2.05) is 6.08 Å². The molecule has 2 heterocycles. The number of hydrogen-bond donors (Lipinski definition) is 1. The third kappa shape index (κ3) is 2.11. The van der Waals surface area contributed by atoms with Gasteiger partial charge in [-0.3, -0.25) is 4.98 Å². The number of alkyl halides is 1. The quantitative estimate of drug-likeness (QED) is 0.719. The summed E-state index contributed by atoms with van der Waals surface area (Å²) in [7, 11) is 0. The highest BCUT2D eigenvalue weighted by Gasteiger charge is 2.12. The van der Waals surface area contributed by atoms with E-state index < -0.39 is 0 Å². The van der Waals surface area contributed by atoms with Crippen molar-refractivity contribution in [1.82, 2.24) is 10.3 Å². The summed E-state index contributed by atoms with van der Waals surface area (Å²) in [5.41, 5.74) is 1.80. The average Bonchev–Trinajstić information content (AvgIpc) is 2.18. The zero-order chi connectivity index (χ0) is 9.97. The van der Waals surface area contributed by atoms with Gasteiger partial charge in [-0.25, -0.2) is 4.39 Å². The van der Waals surface area contributed by atoms with Gasteiger partial charge in [0.2, 0.25) is 0 Å². The van der Waals surface area contributed by atoms with Gasteiger partial charge in [0.25, 0.3) is 0 Å². The summed E-state index contributed by atoms with van der Waals surface area (Å²) in [5, 5.41) is 3.13. The van der Waals surface area contributed by atoms with Gasteiger partial charge in [0.15, 0.2) is 0 Å². The Morgan fingerprint density at radius 2 is 2.36 bits per heavy atom. The minimum atomic E-state index is -0.319. The topological polar surface area (TPSA) is 24.9 Å². The molecule has 2 rings (SSSR count). The first-order valence-corrected chi connectivity index (χ1v) is 4.86. The van der Waals surface area contributed by atoms with Crippen molar-refractivity contribution >= 4 is 17.2 Å². The first-order valence-electron chi connectivity index (χ1n) is 4.42. The Morgan fingerprint density at radius 3 is 3.07 bits per heavy atom. The van der Waals surface area contributed by atoms with Gasteiger partial charge >= 0.3 is 0 Å². The second-order valence-corrected chi connectivity index (χ2v) is 3.79. The van der Waals surface area contributed by atoms with Crippen molar-refractivity contribution in [2.45, 2.75) is 5.38 Å². The lowest BCUT2D eigenvalue weighted by Crippen LogP contribution is -2.28. The van der Waals surface area contributed by atoms with E-state index in [2.05, 4.69) is 10.3 Å². The van der Waals surface area contributed by atoms with E-state index in [1.165, 1.54) is 12.3 Å². The normalized spacial score (nSPS) is 21.9. The number of hydrogen-bond acceptors (Lipinski definition) is 2. The molecule has 1 aromatic heterocycles. The van der Waals surface area contributed by atoms with Gasteiger partial charge in [-0.1, -0.05) is 6.08 Å². The van der Waals surface area contributed by atoms with Crippen LogP contribution in [-0.2, 0) is 0 Å². The lowest BCUT2D eigenvalue weighted by molar-refractivity contribution is 0.620. The Hall–Kier alpha value is -0.930. The second kappa shape index (κ2) is 4.07. The highest BCUT2D eigenvalue weighted by Crippen LogP contribution is 2.18. The molecule has 74 valence electrons. The van der Waals surface area contributed by atoms with Crippen LogP contribution < -0.4 is 5.32 Å². The third-order valence-corrected chi connectivity index (χ3v) is 2.39. The van der Waals surface area contributed by atoms with Gasteiger partial charge in [0.1, 0.15) is 5.82 Å². The van der Waals surface area contributed by atoms with Gasteiger partial charge in [-0.05, 0) is 17.2 Å². The maximum atomic E-state index is 12.9. The Labute approximate surface area is 86.8 Å². The number of pyridine rings is 1. The number of nitrogens with zero attached hydrogens (tertiary/aromatic N) is 1. The van der Waals surface area contributed by atoms with Crippen molar-refractivity contribution < 1.29 is 4.39 Å². The van der Waals surface area contributed by atoms with E-state index in [-0.39, 0.29) is 11.2 Å². The largest absolute Gasteiger partial charge is 0.311 e. The molecule has 0 bridgehead atoms. The Kier molecular flexibility index (Phi) is 2.79. The molecule has 0 spiro atoms. The molecule has 14 heavy (non-hydrogen) atoms. The fourth-order valence-electron chi connectivity index (χ4n) is 1.47. The van der Waals surface area contributed by atoms with Crippen molar-refractivity contribution in [2.75, 3.05) is 13.1 Å². The molecule has 1 unspecified atom stereocenters. The van der Waals surface area contributed by atoms with Crippen LogP contribution in [0.4, 0.5) is 4.39 Å². The highest BCUT2D eigenvalue weighted by atomic mass is 35.5. The Bertz CT molecular complexity index is 365. The first-order chi connectivity index (χ1) is 6.75. The Balaban J connectivity index is 2.30. The van der Waals surface area contributed by atoms with Crippen LogP contribution in [0, 0.1) is 5.82 Å². The maximum Gasteiger partial charge on any atom is 0.142 e. The number of aromatic nitrogens is 1. The lowest BCUT2D eigenvalue weighted by atomic mass is 10.0.